The number of nitrogens with zero attached hydrogens (tertiary/aromatic N) is 1. The van der Waals surface area contributed by atoms with E-state index in [-0.39, 0.29) is 5.91 Å². The third-order valence-corrected chi connectivity index (χ3v) is 4.72. The van der Waals surface area contributed by atoms with Crippen LogP contribution in [0.15, 0.2) is 48.5 Å². The molecule has 1 saturated carbocycles. The van der Waals surface area contributed by atoms with Gasteiger partial charge in [-0.3, -0.25) is 9.89 Å². The number of nitrogens with one attached hydrogen (secondary N) is 2. The monoisotopic (exact) mass is 367 g/mol. The topological polar surface area (TPSA) is 67.0 Å². The summed E-state index contributed by atoms with van der Waals surface area (Å²) in [6.45, 7) is 0. The standard InChI is InChI=1S/C20H18ClN3O2/c1-26-16-4-2-3-14(11-16)20(25)22-19-17(12-5-6-12)23-24-18(19)13-7-9-15(21)10-8-13/h2-4,7-12H,5-6H2,1H3,(H,22,25)(H,23,24). The molecular formula is C20H18ClN3O2. The molecule has 4 rings (SSSR count). The Kier molecular flexibility index (Phi) is 4.39. The van der Waals surface area contributed by atoms with E-state index < -0.39 is 0 Å². The van der Waals surface area contributed by atoms with Crippen LogP contribution in [-0.2, 0) is 0 Å². The fraction of sp³-hybridized carbons (Fsp3) is 0.200. The molecule has 2 N–H and O–H groups in total. The molecular weight excluding hydrogens is 350 g/mol. The Morgan fingerprint density at radius 1 is 1.23 bits per heavy atom. The second kappa shape index (κ2) is 6.84. The van der Waals surface area contributed by atoms with E-state index in [1.807, 2.05) is 30.3 Å². The van der Waals surface area contributed by atoms with Crippen molar-refractivity contribution in [2.45, 2.75) is 18.8 Å². The lowest BCUT2D eigenvalue weighted by atomic mass is 10.1. The third kappa shape index (κ3) is 3.30. The molecule has 5 nitrogen and oxygen atoms in total. The summed E-state index contributed by atoms with van der Waals surface area (Å²) in [4.78, 5) is 12.8. The second-order valence-electron chi connectivity index (χ2n) is 6.33. The van der Waals surface area contributed by atoms with Gasteiger partial charge in [-0.2, -0.15) is 5.10 Å². The van der Waals surface area contributed by atoms with Crippen LogP contribution in [0.1, 0.15) is 34.8 Å². The maximum Gasteiger partial charge on any atom is 0.255 e. The Morgan fingerprint density at radius 2 is 2.00 bits per heavy atom. The molecule has 0 aliphatic heterocycles. The summed E-state index contributed by atoms with van der Waals surface area (Å²) >= 11 is 5.99. The zero-order chi connectivity index (χ0) is 18.1. The van der Waals surface area contributed by atoms with E-state index in [4.69, 9.17) is 16.3 Å². The van der Waals surface area contributed by atoms with Crippen molar-refractivity contribution in [2.75, 3.05) is 12.4 Å². The number of methoxy groups -OCH3 is 1. The van der Waals surface area contributed by atoms with Crippen molar-refractivity contribution in [1.82, 2.24) is 10.2 Å². The van der Waals surface area contributed by atoms with Gasteiger partial charge in [0.25, 0.3) is 5.91 Å². The summed E-state index contributed by atoms with van der Waals surface area (Å²) in [5, 5.41) is 11.3. The molecule has 6 heteroatoms. The smallest absolute Gasteiger partial charge is 0.255 e. The van der Waals surface area contributed by atoms with Gasteiger partial charge in [-0.1, -0.05) is 29.8 Å². The number of benzene rings is 2. The van der Waals surface area contributed by atoms with E-state index in [0.717, 1.165) is 35.5 Å². The number of rotatable bonds is 5. The van der Waals surface area contributed by atoms with Gasteiger partial charge in [-0.05, 0) is 43.2 Å². The number of carbonyl (C=O) groups is 1. The number of aromatic nitrogens is 2. The molecule has 0 spiro atoms. The number of amides is 1. The molecule has 0 radical (unpaired) electrons. The van der Waals surface area contributed by atoms with Crippen molar-refractivity contribution in [1.29, 1.82) is 0 Å². The lowest BCUT2D eigenvalue weighted by Crippen LogP contribution is -2.13. The molecule has 1 heterocycles. The molecule has 132 valence electrons. The molecule has 26 heavy (non-hydrogen) atoms. The highest BCUT2D eigenvalue weighted by Crippen LogP contribution is 2.45. The molecule has 0 unspecified atom stereocenters. The zero-order valence-corrected chi connectivity index (χ0v) is 15.0. The van der Waals surface area contributed by atoms with Crippen molar-refractivity contribution in [3.8, 4) is 17.0 Å². The molecule has 0 bridgehead atoms. The predicted octanol–water partition coefficient (Wildman–Crippen LogP) is 4.87. The maximum absolute atomic E-state index is 12.8. The van der Waals surface area contributed by atoms with E-state index in [1.54, 1.807) is 25.3 Å². The Hall–Kier alpha value is -2.79. The predicted molar refractivity (Wildman–Crippen MR) is 102 cm³/mol. The number of ether oxygens (including phenoxy) is 1. The first kappa shape index (κ1) is 16.7. The molecule has 1 aliphatic rings. The lowest BCUT2D eigenvalue weighted by Gasteiger charge is -2.09. The first-order chi connectivity index (χ1) is 12.7. The second-order valence-corrected chi connectivity index (χ2v) is 6.76. The van der Waals surface area contributed by atoms with Gasteiger partial charge < -0.3 is 10.1 Å². The Bertz CT molecular complexity index is 946. The highest BCUT2D eigenvalue weighted by atomic mass is 35.5. The van der Waals surface area contributed by atoms with Crippen LogP contribution in [0.3, 0.4) is 0 Å². The van der Waals surface area contributed by atoms with E-state index in [0.29, 0.717) is 22.3 Å². The summed E-state index contributed by atoms with van der Waals surface area (Å²) < 4.78 is 5.21. The van der Waals surface area contributed by atoms with Crippen LogP contribution in [-0.4, -0.2) is 23.2 Å². The summed E-state index contributed by atoms with van der Waals surface area (Å²) in [6.07, 6.45) is 2.20. The number of H-pyrrole nitrogens is 1. The van der Waals surface area contributed by atoms with E-state index in [2.05, 4.69) is 15.5 Å². The average Bonchev–Trinajstić information content (AvgIpc) is 3.43. The van der Waals surface area contributed by atoms with Gasteiger partial charge in [0.15, 0.2) is 0 Å². The minimum atomic E-state index is -0.192. The normalized spacial score (nSPS) is 13.5. The van der Waals surface area contributed by atoms with Crippen molar-refractivity contribution in [3.05, 3.63) is 64.8 Å². The van der Waals surface area contributed by atoms with Crippen molar-refractivity contribution < 1.29 is 9.53 Å². The van der Waals surface area contributed by atoms with Gasteiger partial charge in [-0.15, -0.1) is 0 Å². The first-order valence-corrected chi connectivity index (χ1v) is 8.83. The van der Waals surface area contributed by atoms with Crippen LogP contribution < -0.4 is 10.1 Å². The van der Waals surface area contributed by atoms with Gasteiger partial charge in [0, 0.05) is 22.1 Å². The van der Waals surface area contributed by atoms with Gasteiger partial charge in [0.05, 0.1) is 18.5 Å². The fourth-order valence-electron chi connectivity index (χ4n) is 2.92. The minimum absolute atomic E-state index is 0.192. The van der Waals surface area contributed by atoms with Gasteiger partial charge in [0.2, 0.25) is 0 Å². The Labute approximate surface area is 156 Å². The molecule has 1 aromatic heterocycles. The van der Waals surface area contributed by atoms with Crippen LogP contribution in [0.2, 0.25) is 5.02 Å². The van der Waals surface area contributed by atoms with Crippen LogP contribution in [0, 0.1) is 0 Å². The number of halogens is 1. The quantitative estimate of drug-likeness (QED) is 0.676. The number of hydrogen-bond donors (Lipinski definition) is 2. The molecule has 1 aliphatic carbocycles. The largest absolute Gasteiger partial charge is 0.497 e. The molecule has 2 aromatic carbocycles. The minimum Gasteiger partial charge on any atom is -0.497 e. The van der Waals surface area contributed by atoms with Crippen LogP contribution in [0.4, 0.5) is 5.69 Å². The summed E-state index contributed by atoms with van der Waals surface area (Å²) in [5.41, 5.74) is 3.88. The number of carbonyl (C=O) groups excluding carboxylic acids is 1. The molecule has 1 amide bonds. The van der Waals surface area contributed by atoms with E-state index in [9.17, 15) is 4.79 Å². The van der Waals surface area contributed by atoms with Crippen molar-refractivity contribution in [3.63, 3.8) is 0 Å². The van der Waals surface area contributed by atoms with Crippen LogP contribution in [0.25, 0.3) is 11.3 Å². The van der Waals surface area contributed by atoms with E-state index in [1.165, 1.54) is 0 Å². The van der Waals surface area contributed by atoms with Crippen molar-refractivity contribution in [2.24, 2.45) is 0 Å². The SMILES string of the molecule is COc1cccc(C(=O)Nc2c(-c3ccc(Cl)cc3)n[nH]c2C2CC2)c1. The summed E-state index contributed by atoms with van der Waals surface area (Å²) in [5.74, 6) is 0.872. The molecule has 0 atom stereocenters. The molecule has 1 fully saturated rings. The molecule has 0 saturated heterocycles. The number of hydrogen-bond acceptors (Lipinski definition) is 3. The van der Waals surface area contributed by atoms with Crippen molar-refractivity contribution >= 4 is 23.2 Å². The van der Waals surface area contributed by atoms with Gasteiger partial charge >= 0.3 is 0 Å². The Morgan fingerprint density at radius 3 is 2.69 bits per heavy atom. The van der Waals surface area contributed by atoms with Crippen LogP contribution >= 0.6 is 11.6 Å². The molecule has 3 aromatic rings. The van der Waals surface area contributed by atoms with Crippen LogP contribution in [0.5, 0.6) is 5.75 Å². The summed E-state index contributed by atoms with van der Waals surface area (Å²) in [6, 6.07) is 14.5. The summed E-state index contributed by atoms with van der Waals surface area (Å²) in [7, 11) is 1.58. The highest BCUT2D eigenvalue weighted by Gasteiger charge is 2.31. The lowest BCUT2D eigenvalue weighted by molar-refractivity contribution is 0.102. The van der Waals surface area contributed by atoms with E-state index >= 15 is 0 Å². The maximum atomic E-state index is 12.8. The van der Waals surface area contributed by atoms with Gasteiger partial charge in [0.1, 0.15) is 11.4 Å². The average molecular weight is 368 g/mol. The number of aromatic amines is 1. The number of anilines is 1. The first-order valence-electron chi connectivity index (χ1n) is 8.45. The third-order valence-electron chi connectivity index (χ3n) is 4.47. The van der Waals surface area contributed by atoms with Gasteiger partial charge in [-0.25, -0.2) is 0 Å². The zero-order valence-electron chi connectivity index (χ0n) is 14.3. The fourth-order valence-corrected chi connectivity index (χ4v) is 3.04. The Balaban J connectivity index is 1.69. The highest BCUT2D eigenvalue weighted by molar-refractivity contribution is 6.30.